The van der Waals surface area contributed by atoms with Gasteiger partial charge in [-0.3, -0.25) is 14.4 Å². The molecule has 1 heterocycles. The number of ether oxygens (including phenoxy) is 3. The summed E-state index contributed by atoms with van der Waals surface area (Å²) >= 11 is 0. The van der Waals surface area contributed by atoms with Gasteiger partial charge in [0.1, 0.15) is 18.1 Å². The second-order valence-corrected chi connectivity index (χ2v) is 11.0. The van der Waals surface area contributed by atoms with Crippen LogP contribution in [0.5, 0.6) is 11.5 Å². The highest BCUT2D eigenvalue weighted by Crippen LogP contribution is 2.30. The number of methoxy groups -OCH3 is 2. The summed E-state index contributed by atoms with van der Waals surface area (Å²) in [6.45, 7) is 5.16. The van der Waals surface area contributed by atoms with Crippen LogP contribution in [-0.4, -0.2) is 80.6 Å². The number of hydrogen-bond donors (Lipinski definition) is 1. The zero-order chi connectivity index (χ0) is 28.8. The number of carbonyl (C=O) groups is 3. The van der Waals surface area contributed by atoms with Crippen LogP contribution in [0, 0.1) is 11.8 Å². The number of nitrogens with zero attached hydrogens (tertiary/aromatic N) is 2. The maximum atomic E-state index is 13.6. The lowest BCUT2D eigenvalue weighted by molar-refractivity contribution is -0.139. The molecule has 4 rings (SSSR count). The first kappa shape index (κ1) is 29.4. The Hall–Kier alpha value is -3.59. The fourth-order valence-corrected chi connectivity index (χ4v) is 5.54. The van der Waals surface area contributed by atoms with Crippen molar-refractivity contribution < 1.29 is 28.6 Å². The van der Waals surface area contributed by atoms with Crippen molar-refractivity contribution >= 4 is 23.4 Å². The molecule has 3 amide bonds. The number of carbonyl (C=O) groups excluding carboxylic acids is 3. The van der Waals surface area contributed by atoms with Crippen molar-refractivity contribution in [1.82, 2.24) is 9.80 Å². The van der Waals surface area contributed by atoms with Crippen molar-refractivity contribution in [2.45, 2.75) is 51.7 Å². The Kier molecular flexibility index (Phi) is 9.68. The highest BCUT2D eigenvalue weighted by molar-refractivity contribution is 6.05. The Balaban J connectivity index is 1.62. The van der Waals surface area contributed by atoms with Gasteiger partial charge in [0.05, 0.1) is 24.8 Å². The van der Waals surface area contributed by atoms with Crippen molar-refractivity contribution in [3.8, 4) is 11.5 Å². The highest BCUT2D eigenvalue weighted by atomic mass is 16.5. The van der Waals surface area contributed by atoms with E-state index < -0.39 is 0 Å². The first-order valence-electron chi connectivity index (χ1n) is 14.0. The van der Waals surface area contributed by atoms with Crippen LogP contribution in [0.4, 0.5) is 5.69 Å². The van der Waals surface area contributed by atoms with Crippen LogP contribution in [-0.2, 0) is 9.53 Å². The predicted octanol–water partition coefficient (Wildman–Crippen LogP) is 4.47. The molecular weight excluding hydrogens is 510 g/mol. The lowest BCUT2D eigenvalue weighted by Crippen LogP contribution is -2.50. The normalized spacial score (nSPS) is 22.5. The number of nitrogens with one attached hydrogen (secondary N) is 1. The third-order valence-electron chi connectivity index (χ3n) is 8.02. The highest BCUT2D eigenvalue weighted by Gasteiger charge is 2.34. The number of rotatable bonds is 5. The maximum absolute atomic E-state index is 13.6. The standard InChI is InChI=1S/C31H41N3O6/c1-20-17-34(30(36)22-9-6-7-10-22)21(2)19-40-27-14-13-24(16-26(27)31(37)33(3)18-28(20)39-5)32-29(35)23-11-8-12-25(15-23)38-4/h8,11-16,20-22,28H,6-7,9-10,17-19H2,1-5H3,(H,32,35)/t20-,21-,28+/m1/s1. The largest absolute Gasteiger partial charge is 0.497 e. The molecule has 2 aliphatic rings. The summed E-state index contributed by atoms with van der Waals surface area (Å²) in [6, 6.07) is 11.7. The number of likely N-dealkylation sites (N-methyl/N-ethyl adjacent to an activating group) is 1. The minimum Gasteiger partial charge on any atom is -0.497 e. The Morgan fingerprint density at radius 2 is 1.77 bits per heavy atom. The van der Waals surface area contributed by atoms with Gasteiger partial charge in [-0.1, -0.05) is 25.8 Å². The van der Waals surface area contributed by atoms with Crippen LogP contribution in [0.1, 0.15) is 60.2 Å². The van der Waals surface area contributed by atoms with E-state index in [0.29, 0.717) is 41.4 Å². The molecule has 3 atom stereocenters. The molecule has 1 aliphatic heterocycles. The molecule has 9 nitrogen and oxygen atoms in total. The van der Waals surface area contributed by atoms with Gasteiger partial charge in [0.2, 0.25) is 5.91 Å². The van der Waals surface area contributed by atoms with Crippen LogP contribution in [0.2, 0.25) is 0 Å². The molecule has 9 heteroatoms. The Labute approximate surface area is 236 Å². The van der Waals surface area contributed by atoms with Crippen LogP contribution in [0.3, 0.4) is 0 Å². The van der Waals surface area contributed by atoms with Gasteiger partial charge in [0, 0.05) is 50.3 Å². The average molecular weight is 552 g/mol. The van der Waals surface area contributed by atoms with E-state index in [4.69, 9.17) is 14.2 Å². The number of fused-ring (bicyclic) bond motifs is 1. The van der Waals surface area contributed by atoms with Gasteiger partial charge in [-0.05, 0) is 56.2 Å². The fraction of sp³-hybridized carbons (Fsp3) is 0.516. The Morgan fingerprint density at radius 1 is 1.02 bits per heavy atom. The molecule has 1 fully saturated rings. The molecule has 216 valence electrons. The molecule has 0 spiro atoms. The van der Waals surface area contributed by atoms with Gasteiger partial charge >= 0.3 is 0 Å². The zero-order valence-corrected chi connectivity index (χ0v) is 24.1. The van der Waals surface area contributed by atoms with E-state index in [1.807, 2.05) is 11.8 Å². The van der Waals surface area contributed by atoms with Gasteiger partial charge in [-0.15, -0.1) is 0 Å². The lowest BCUT2D eigenvalue weighted by atomic mass is 9.99. The molecular formula is C31H41N3O6. The van der Waals surface area contributed by atoms with E-state index in [2.05, 4.69) is 12.2 Å². The number of hydrogen-bond acceptors (Lipinski definition) is 6. The first-order chi connectivity index (χ1) is 19.2. The summed E-state index contributed by atoms with van der Waals surface area (Å²) < 4.78 is 17.2. The molecule has 40 heavy (non-hydrogen) atoms. The molecule has 0 unspecified atom stereocenters. The van der Waals surface area contributed by atoms with Crippen molar-refractivity contribution in [3.63, 3.8) is 0 Å². The van der Waals surface area contributed by atoms with Crippen LogP contribution in [0.15, 0.2) is 42.5 Å². The summed E-state index contributed by atoms with van der Waals surface area (Å²) in [5.74, 6) is 0.639. The quantitative estimate of drug-likeness (QED) is 0.589. The first-order valence-corrected chi connectivity index (χ1v) is 14.0. The van der Waals surface area contributed by atoms with Crippen molar-refractivity contribution in [2.75, 3.05) is 46.3 Å². The second kappa shape index (κ2) is 13.2. The minimum atomic E-state index is -0.323. The van der Waals surface area contributed by atoms with E-state index in [1.165, 1.54) is 0 Å². The molecule has 1 N–H and O–H groups in total. The summed E-state index contributed by atoms with van der Waals surface area (Å²) in [4.78, 5) is 43.7. The molecule has 0 saturated heterocycles. The molecule has 2 aromatic rings. The zero-order valence-electron chi connectivity index (χ0n) is 24.1. The van der Waals surface area contributed by atoms with Crippen LogP contribution >= 0.6 is 0 Å². The summed E-state index contributed by atoms with van der Waals surface area (Å²) in [6.07, 6.45) is 3.76. The molecule has 1 saturated carbocycles. The van der Waals surface area contributed by atoms with Gasteiger partial charge < -0.3 is 29.3 Å². The lowest BCUT2D eigenvalue weighted by Gasteiger charge is -2.37. The summed E-state index contributed by atoms with van der Waals surface area (Å²) in [5.41, 5.74) is 1.23. The minimum absolute atomic E-state index is 0.000404. The number of amides is 3. The summed E-state index contributed by atoms with van der Waals surface area (Å²) in [5, 5.41) is 2.87. The third-order valence-corrected chi connectivity index (χ3v) is 8.02. The maximum Gasteiger partial charge on any atom is 0.257 e. The van der Waals surface area contributed by atoms with Gasteiger partial charge in [0.25, 0.3) is 11.8 Å². The average Bonchev–Trinajstić information content (AvgIpc) is 3.51. The van der Waals surface area contributed by atoms with Gasteiger partial charge in [-0.2, -0.15) is 0 Å². The molecule has 0 radical (unpaired) electrons. The van der Waals surface area contributed by atoms with Gasteiger partial charge in [0.15, 0.2) is 0 Å². The topological polar surface area (TPSA) is 97.4 Å². The number of anilines is 1. The monoisotopic (exact) mass is 551 g/mol. The third kappa shape index (κ3) is 6.75. The van der Waals surface area contributed by atoms with E-state index >= 15 is 0 Å². The van der Waals surface area contributed by atoms with Crippen LogP contribution in [0.25, 0.3) is 0 Å². The van der Waals surface area contributed by atoms with E-state index in [0.717, 1.165) is 25.7 Å². The van der Waals surface area contributed by atoms with E-state index in [1.54, 1.807) is 68.6 Å². The smallest absolute Gasteiger partial charge is 0.257 e. The van der Waals surface area contributed by atoms with Crippen molar-refractivity contribution in [3.05, 3.63) is 53.6 Å². The fourth-order valence-electron chi connectivity index (χ4n) is 5.54. The molecule has 0 bridgehead atoms. The molecule has 1 aliphatic carbocycles. The Bertz CT molecular complexity index is 1210. The van der Waals surface area contributed by atoms with Crippen LogP contribution < -0.4 is 14.8 Å². The SMILES string of the molecule is COc1cccc(C(=O)Nc2ccc3c(c2)C(=O)N(C)C[C@H](OC)[C@H](C)CN(C(=O)C2CCCC2)[C@H](C)CO3)c1. The van der Waals surface area contributed by atoms with E-state index in [9.17, 15) is 14.4 Å². The van der Waals surface area contributed by atoms with Crippen molar-refractivity contribution in [2.24, 2.45) is 11.8 Å². The summed E-state index contributed by atoms with van der Waals surface area (Å²) in [7, 11) is 4.91. The van der Waals surface area contributed by atoms with Crippen molar-refractivity contribution in [1.29, 1.82) is 0 Å². The molecule has 2 aromatic carbocycles. The Morgan fingerprint density at radius 3 is 2.48 bits per heavy atom. The van der Waals surface area contributed by atoms with E-state index in [-0.39, 0.29) is 48.3 Å². The predicted molar refractivity (Wildman–Crippen MR) is 153 cm³/mol. The van der Waals surface area contributed by atoms with Gasteiger partial charge in [-0.25, -0.2) is 0 Å². The second-order valence-electron chi connectivity index (χ2n) is 11.0. The number of benzene rings is 2. The molecule has 0 aromatic heterocycles.